The summed E-state index contributed by atoms with van der Waals surface area (Å²) in [5.41, 5.74) is -4.07. The molecule has 8 heteroatoms. The molecule has 0 amide bonds. The molecule has 4 atom stereocenters. The van der Waals surface area contributed by atoms with Gasteiger partial charge in [-0.1, -0.05) is 12.2 Å². The fourth-order valence-electron chi connectivity index (χ4n) is 3.13. The van der Waals surface area contributed by atoms with Crippen LogP contribution in [-0.2, 0) is 9.47 Å². The topological polar surface area (TPSA) is 18.5 Å². The van der Waals surface area contributed by atoms with Crippen LogP contribution < -0.4 is 0 Å². The molecular formula is C12H12F6O2. The number of fused-ring (bicyclic) bond motifs is 2. The van der Waals surface area contributed by atoms with Gasteiger partial charge in [-0.05, 0) is 18.8 Å². The molecule has 114 valence electrons. The van der Waals surface area contributed by atoms with Crippen LogP contribution in [0.1, 0.15) is 19.3 Å². The molecule has 2 fully saturated rings. The maximum atomic E-state index is 12.6. The summed E-state index contributed by atoms with van der Waals surface area (Å²) >= 11 is 0. The summed E-state index contributed by atoms with van der Waals surface area (Å²) in [5, 5.41) is 0. The number of allylic oxidation sites excluding steroid dienone is 1. The average molecular weight is 302 g/mol. The Kier molecular flexibility index (Phi) is 2.93. The van der Waals surface area contributed by atoms with Crippen LogP contribution in [0.15, 0.2) is 12.2 Å². The number of rotatable bonds is 2. The molecule has 1 heterocycles. The van der Waals surface area contributed by atoms with Gasteiger partial charge < -0.3 is 9.47 Å². The van der Waals surface area contributed by atoms with Crippen LogP contribution in [0.2, 0.25) is 0 Å². The van der Waals surface area contributed by atoms with Gasteiger partial charge in [-0.15, -0.1) is 0 Å². The third-order valence-corrected chi connectivity index (χ3v) is 4.25. The lowest BCUT2D eigenvalue weighted by Crippen LogP contribution is -2.69. The average Bonchev–Trinajstić information content (AvgIpc) is 2.79. The Bertz CT molecular complexity index is 405. The van der Waals surface area contributed by atoms with Gasteiger partial charge in [-0.2, -0.15) is 26.3 Å². The number of hydrogen-bond acceptors (Lipinski definition) is 2. The van der Waals surface area contributed by atoms with Gasteiger partial charge in [0.2, 0.25) is 0 Å². The zero-order valence-corrected chi connectivity index (χ0v) is 10.2. The van der Waals surface area contributed by atoms with Crippen molar-refractivity contribution in [2.75, 3.05) is 0 Å². The van der Waals surface area contributed by atoms with Gasteiger partial charge >= 0.3 is 12.4 Å². The standard InChI is InChI=1S/C12H12F6O2/c13-11(14,15)10(12(16,17)18)5-9(20-10)19-8-4-6-1-2-7(8)3-6/h1-2,6-9H,3-5H2. The number of halogens is 6. The van der Waals surface area contributed by atoms with Crippen molar-refractivity contribution in [3.63, 3.8) is 0 Å². The highest BCUT2D eigenvalue weighted by Gasteiger charge is 2.78. The van der Waals surface area contributed by atoms with Crippen molar-refractivity contribution in [2.24, 2.45) is 11.8 Å². The molecule has 0 N–H and O–H groups in total. The van der Waals surface area contributed by atoms with E-state index in [4.69, 9.17) is 4.74 Å². The van der Waals surface area contributed by atoms with Crippen molar-refractivity contribution >= 4 is 0 Å². The molecule has 3 rings (SSSR count). The van der Waals surface area contributed by atoms with Crippen LogP contribution >= 0.6 is 0 Å². The summed E-state index contributed by atoms with van der Waals surface area (Å²) in [5.74, 6) is 0.399. The monoisotopic (exact) mass is 302 g/mol. The summed E-state index contributed by atoms with van der Waals surface area (Å²) < 4.78 is 84.8. The van der Waals surface area contributed by atoms with Crippen molar-refractivity contribution in [3.05, 3.63) is 12.2 Å². The van der Waals surface area contributed by atoms with E-state index in [1.165, 1.54) is 0 Å². The summed E-state index contributed by atoms with van der Waals surface area (Å²) in [4.78, 5) is 0. The molecule has 0 aromatic heterocycles. The van der Waals surface area contributed by atoms with E-state index in [2.05, 4.69) is 4.74 Å². The summed E-state index contributed by atoms with van der Waals surface area (Å²) in [6.07, 6.45) is -8.59. The van der Waals surface area contributed by atoms with E-state index in [9.17, 15) is 26.3 Å². The van der Waals surface area contributed by atoms with Gasteiger partial charge in [0, 0.05) is 12.3 Å². The second-order valence-corrected chi connectivity index (χ2v) is 5.53. The largest absolute Gasteiger partial charge is 0.426 e. The Labute approximate surface area is 110 Å². The second kappa shape index (κ2) is 4.13. The fraction of sp³-hybridized carbons (Fsp3) is 0.833. The van der Waals surface area contributed by atoms with E-state index in [1.807, 2.05) is 12.2 Å². The minimum atomic E-state index is -5.49. The van der Waals surface area contributed by atoms with Crippen molar-refractivity contribution in [1.29, 1.82) is 0 Å². The molecule has 2 nitrogen and oxygen atoms in total. The Morgan fingerprint density at radius 3 is 2.00 bits per heavy atom. The molecule has 2 aliphatic carbocycles. The molecule has 2 bridgehead atoms. The smallest absolute Gasteiger partial charge is 0.349 e. The van der Waals surface area contributed by atoms with Gasteiger partial charge in [0.1, 0.15) is 0 Å². The van der Waals surface area contributed by atoms with Crippen LogP contribution in [0.5, 0.6) is 0 Å². The molecule has 20 heavy (non-hydrogen) atoms. The normalized spacial score (nSPS) is 39.1. The molecule has 0 radical (unpaired) electrons. The van der Waals surface area contributed by atoms with Crippen LogP contribution in [0.4, 0.5) is 26.3 Å². The lowest BCUT2D eigenvalue weighted by Gasteiger charge is -2.49. The molecule has 0 spiro atoms. The molecule has 1 saturated carbocycles. The number of alkyl halides is 6. The first-order valence-electron chi connectivity index (χ1n) is 6.27. The molecule has 1 saturated heterocycles. The van der Waals surface area contributed by atoms with Crippen LogP contribution in [0.3, 0.4) is 0 Å². The van der Waals surface area contributed by atoms with Gasteiger partial charge in [0.15, 0.2) is 6.29 Å². The second-order valence-electron chi connectivity index (χ2n) is 5.53. The first-order valence-corrected chi connectivity index (χ1v) is 6.27. The van der Waals surface area contributed by atoms with E-state index in [1.54, 1.807) is 0 Å². The third kappa shape index (κ3) is 1.95. The van der Waals surface area contributed by atoms with Crippen molar-refractivity contribution < 1.29 is 35.8 Å². The van der Waals surface area contributed by atoms with Crippen molar-refractivity contribution in [1.82, 2.24) is 0 Å². The first-order chi connectivity index (χ1) is 9.12. The van der Waals surface area contributed by atoms with E-state index < -0.39 is 30.7 Å². The zero-order chi connectivity index (χ0) is 14.8. The molecular weight excluding hydrogens is 290 g/mol. The zero-order valence-electron chi connectivity index (χ0n) is 10.2. The highest BCUT2D eigenvalue weighted by atomic mass is 19.4. The van der Waals surface area contributed by atoms with Gasteiger partial charge in [-0.3, -0.25) is 0 Å². The molecule has 0 aromatic carbocycles. The highest BCUT2D eigenvalue weighted by Crippen LogP contribution is 2.56. The minimum Gasteiger partial charge on any atom is -0.349 e. The third-order valence-electron chi connectivity index (χ3n) is 4.25. The SMILES string of the molecule is FC(F)(F)C1(C(F)(F)F)CC(OC2CC3C=CC2C3)O1. The van der Waals surface area contributed by atoms with Gasteiger partial charge in [0.05, 0.1) is 6.10 Å². The fourth-order valence-corrected chi connectivity index (χ4v) is 3.13. The number of hydrogen-bond donors (Lipinski definition) is 0. The number of ether oxygens (including phenoxy) is 2. The summed E-state index contributed by atoms with van der Waals surface area (Å²) in [6, 6.07) is 0. The van der Waals surface area contributed by atoms with Gasteiger partial charge in [-0.25, -0.2) is 0 Å². The lowest BCUT2D eigenvalue weighted by atomic mass is 9.91. The molecule has 1 aliphatic heterocycles. The first kappa shape index (κ1) is 14.2. The van der Waals surface area contributed by atoms with E-state index in [0.29, 0.717) is 12.3 Å². The molecule has 0 aromatic rings. The van der Waals surface area contributed by atoms with Gasteiger partial charge in [0.25, 0.3) is 5.60 Å². The summed E-state index contributed by atoms with van der Waals surface area (Å²) in [7, 11) is 0. The maximum absolute atomic E-state index is 12.6. The Hall–Kier alpha value is -0.760. The van der Waals surface area contributed by atoms with Crippen LogP contribution in [0, 0.1) is 11.8 Å². The Morgan fingerprint density at radius 2 is 1.60 bits per heavy atom. The Balaban J connectivity index is 1.63. The summed E-state index contributed by atoms with van der Waals surface area (Å²) in [6.45, 7) is 0. The van der Waals surface area contributed by atoms with E-state index >= 15 is 0 Å². The Morgan fingerprint density at radius 1 is 1.00 bits per heavy atom. The molecule has 3 aliphatic rings. The maximum Gasteiger partial charge on any atom is 0.426 e. The predicted molar refractivity (Wildman–Crippen MR) is 54.6 cm³/mol. The van der Waals surface area contributed by atoms with Crippen LogP contribution in [-0.4, -0.2) is 30.3 Å². The lowest BCUT2D eigenvalue weighted by molar-refractivity contribution is -0.473. The van der Waals surface area contributed by atoms with E-state index in [0.717, 1.165) is 6.42 Å². The highest BCUT2D eigenvalue weighted by molar-refractivity contribution is 5.11. The van der Waals surface area contributed by atoms with Crippen LogP contribution in [0.25, 0.3) is 0 Å². The minimum absolute atomic E-state index is 0.0790. The van der Waals surface area contributed by atoms with E-state index in [-0.39, 0.29) is 12.0 Å². The quantitative estimate of drug-likeness (QED) is 0.573. The van der Waals surface area contributed by atoms with Crippen molar-refractivity contribution in [3.8, 4) is 0 Å². The molecule has 4 unspecified atom stereocenters. The predicted octanol–water partition coefficient (Wildman–Crippen LogP) is 3.58. The van der Waals surface area contributed by atoms with Crippen molar-refractivity contribution in [2.45, 2.75) is 49.6 Å².